The number of ether oxygens (including phenoxy) is 3. The van der Waals surface area contributed by atoms with Crippen LogP contribution in [0.3, 0.4) is 0 Å². The second-order valence-electron chi connectivity index (χ2n) is 8.35. The van der Waals surface area contributed by atoms with E-state index in [0.717, 1.165) is 16.7 Å². The Balaban J connectivity index is 1.90. The summed E-state index contributed by atoms with van der Waals surface area (Å²) >= 11 is 18.8. The highest BCUT2D eigenvalue weighted by Crippen LogP contribution is 2.46. The fraction of sp³-hybridized carbons (Fsp3) is 0.280. The summed E-state index contributed by atoms with van der Waals surface area (Å²) in [5, 5.41) is 1.63. The second kappa shape index (κ2) is 9.51. The first kappa shape index (κ1) is 23.8. The lowest BCUT2D eigenvalue weighted by Crippen LogP contribution is -2.36. The Morgan fingerprint density at radius 1 is 1.06 bits per heavy atom. The van der Waals surface area contributed by atoms with Crippen molar-refractivity contribution < 1.29 is 19.0 Å². The Hall–Kier alpha value is -2.31. The first-order valence-electron chi connectivity index (χ1n) is 10.3. The summed E-state index contributed by atoms with van der Waals surface area (Å²) < 4.78 is 16.9. The number of carbonyl (C=O) groups excluding carboxylic acids is 1. The molecule has 8 heteroatoms. The van der Waals surface area contributed by atoms with E-state index >= 15 is 0 Å². The van der Waals surface area contributed by atoms with Crippen LogP contribution in [-0.2, 0) is 14.3 Å². The summed E-state index contributed by atoms with van der Waals surface area (Å²) in [7, 11) is 1.33. The molecule has 1 atom stereocenters. The Bertz CT molecular complexity index is 1200. The van der Waals surface area contributed by atoms with Gasteiger partial charge in [-0.15, -0.1) is 0 Å². The molecule has 0 saturated heterocycles. The molecule has 1 aliphatic rings. The SMILES string of the molecule is COC(=O)COC1CC(C)(C)Oc2nc(-c3ccc(Cl)cc3Cl)c(-c3ccc(Cl)cc3)cc21. The van der Waals surface area contributed by atoms with Gasteiger partial charge in [0.25, 0.3) is 0 Å². The zero-order chi connectivity index (χ0) is 23.8. The summed E-state index contributed by atoms with van der Waals surface area (Å²) in [6, 6.07) is 14.7. The van der Waals surface area contributed by atoms with E-state index in [2.05, 4.69) is 0 Å². The number of nitrogens with zero attached hydrogens (tertiary/aromatic N) is 1. The van der Waals surface area contributed by atoms with Gasteiger partial charge in [0.15, 0.2) is 0 Å². The number of hydrogen-bond acceptors (Lipinski definition) is 5. The number of aromatic nitrogens is 1. The van der Waals surface area contributed by atoms with Crippen molar-refractivity contribution in [2.75, 3.05) is 13.7 Å². The molecule has 3 aromatic rings. The Labute approximate surface area is 207 Å². The van der Waals surface area contributed by atoms with Crippen LogP contribution >= 0.6 is 34.8 Å². The average molecular weight is 507 g/mol. The number of fused-ring (bicyclic) bond motifs is 1. The van der Waals surface area contributed by atoms with E-state index in [1.54, 1.807) is 12.1 Å². The minimum absolute atomic E-state index is 0.169. The third-order valence-electron chi connectivity index (χ3n) is 5.38. The molecule has 2 heterocycles. The van der Waals surface area contributed by atoms with E-state index in [1.165, 1.54) is 7.11 Å². The van der Waals surface area contributed by atoms with Gasteiger partial charge in [0.1, 0.15) is 12.2 Å². The van der Waals surface area contributed by atoms with Gasteiger partial charge < -0.3 is 14.2 Å². The standard InChI is InChI=1S/C25H22Cl3NO4/c1-25(2)12-21(32-13-22(30)31-3)19-11-18(14-4-6-15(26)7-5-14)23(29-24(19)33-25)17-9-8-16(27)10-20(17)28/h4-11,21H,12-13H2,1-3H3. The van der Waals surface area contributed by atoms with Crippen LogP contribution in [0.15, 0.2) is 48.5 Å². The third kappa shape index (κ3) is 5.28. The lowest BCUT2D eigenvalue weighted by molar-refractivity contribution is -0.150. The van der Waals surface area contributed by atoms with Crippen LogP contribution in [0.5, 0.6) is 5.88 Å². The number of pyridine rings is 1. The highest BCUT2D eigenvalue weighted by atomic mass is 35.5. The Morgan fingerprint density at radius 2 is 1.76 bits per heavy atom. The van der Waals surface area contributed by atoms with E-state index in [9.17, 15) is 4.79 Å². The van der Waals surface area contributed by atoms with Crippen molar-refractivity contribution in [1.29, 1.82) is 0 Å². The van der Waals surface area contributed by atoms with Crippen molar-refractivity contribution in [3.63, 3.8) is 0 Å². The minimum Gasteiger partial charge on any atom is -0.471 e. The number of esters is 1. The molecular formula is C25H22Cl3NO4. The molecule has 0 saturated carbocycles. The number of halogens is 3. The smallest absolute Gasteiger partial charge is 0.331 e. The zero-order valence-electron chi connectivity index (χ0n) is 18.3. The molecule has 1 unspecified atom stereocenters. The van der Waals surface area contributed by atoms with Crippen molar-refractivity contribution >= 4 is 40.8 Å². The van der Waals surface area contributed by atoms with Crippen LogP contribution in [0.25, 0.3) is 22.4 Å². The maximum Gasteiger partial charge on any atom is 0.331 e. The minimum atomic E-state index is -0.552. The molecule has 0 spiro atoms. The van der Waals surface area contributed by atoms with Crippen LogP contribution in [0.4, 0.5) is 0 Å². The summed E-state index contributed by atoms with van der Waals surface area (Å²) in [5.41, 5.74) is 3.27. The van der Waals surface area contributed by atoms with Gasteiger partial charge >= 0.3 is 5.97 Å². The number of methoxy groups -OCH3 is 1. The molecule has 33 heavy (non-hydrogen) atoms. The van der Waals surface area contributed by atoms with Gasteiger partial charge in [-0.2, -0.15) is 0 Å². The molecule has 0 radical (unpaired) electrons. The third-order valence-corrected chi connectivity index (χ3v) is 6.18. The van der Waals surface area contributed by atoms with Gasteiger partial charge in [-0.25, -0.2) is 9.78 Å². The molecule has 1 aliphatic heterocycles. The lowest BCUT2D eigenvalue weighted by atomic mass is 9.90. The second-order valence-corrected chi connectivity index (χ2v) is 9.63. The number of benzene rings is 2. The van der Waals surface area contributed by atoms with Crippen molar-refractivity contribution in [2.45, 2.75) is 32.0 Å². The van der Waals surface area contributed by atoms with E-state index in [1.807, 2.05) is 50.2 Å². The molecule has 0 fully saturated rings. The van der Waals surface area contributed by atoms with Gasteiger partial charge in [0.2, 0.25) is 5.88 Å². The summed E-state index contributed by atoms with van der Waals surface area (Å²) in [5.74, 6) is -0.0175. The fourth-order valence-corrected chi connectivity index (χ4v) is 4.42. The molecule has 0 bridgehead atoms. The molecule has 0 amide bonds. The predicted molar refractivity (Wildman–Crippen MR) is 130 cm³/mol. The largest absolute Gasteiger partial charge is 0.471 e. The zero-order valence-corrected chi connectivity index (χ0v) is 20.6. The molecule has 2 aromatic carbocycles. The molecular weight excluding hydrogens is 485 g/mol. The van der Waals surface area contributed by atoms with Crippen LogP contribution in [0, 0.1) is 0 Å². The maximum absolute atomic E-state index is 11.7. The first-order valence-corrected chi connectivity index (χ1v) is 11.4. The average Bonchev–Trinajstić information content (AvgIpc) is 2.76. The van der Waals surface area contributed by atoms with E-state index < -0.39 is 17.7 Å². The number of carbonyl (C=O) groups is 1. The van der Waals surface area contributed by atoms with Crippen LogP contribution in [-0.4, -0.2) is 30.3 Å². The van der Waals surface area contributed by atoms with Crippen LogP contribution in [0.2, 0.25) is 15.1 Å². The van der Waals surface area contributed by atoms with Gasteiger partial charge in [0.05, 0.1) is 23.9 Å². The van der Waals surface area contributed by atoms with Gasteiger partial charge in [-0.3, -0.25) is 0 Å². The van der Waals surface area contributed by atoms with Crippen molar-refractivity contribution in [3.8, 4) is 28.3 Å². The van der Waals surface area contributed by atoms with Crippen LogP contribution < -0.4 is 4.74 Å². The van der Waals surface area contributed by atoms with E-state index in [4.69, 9.17) is 54.0 Å². The predicted octanol–water partition coefficient (Wildman–Crippen LogP) is 7.17. The summed E-state index contributed by atoms with van der Waals surface area (Å²) in [6.07, 6.45) is 0.135. The highest BCUT2D eigenvalue weighted by Gasteiger charge is 2.37. The van der Waals surface area contributed by atoms with E-state index in [0.29, 0.717) is 38.6 Å². The van der Waals surface area contributed by atoms with Gasteiger partial charge in [-0.05, 0) is 55.8 Å². The molecule has 0 N–H and O–H groups in total. The van der Waals surface area contributed by atoms with Crippen LogP contribution in [0.1, 0.15) is 31.9 Å². The summed E-state index contributed by atoms with van der Waals surface area (Å²) in [4.78, 5) is 16.6. The Morgan fingerprint density at radius 3 is 2.42 bits per heavy atom. The molecule has 0 aliphatic carbocycles. The van der Waals surface area contributed by atoms with Crippen molar-refractivity contribution in [3.05, 3.63) is 69.2 Å². The summed E-state index contributed by atoms with van der Waals surface area (Å²) in [6.45, 7) is 3.74. The normalized spacial score (nSPS) is 16.6. The molecule has 1 aromatic heterocycles. The quantitative estimate of drug-likeness (QED) is 0.343. The van der Waals surface area contributed by atoms with Crippen molar-refractivity contribution in [1.82, 2.24) is 4.98 Å². The van der Waals surface area contributed by atoms with Gasteiger partial charge in [0, 0.05) is 33.2 Å². The molecule has 5 nitrogen and oxygen atoms in total. The lowest BCUT2D eigenvalue weighted by Gasteiger charge is -2.37. The maximum atomic E-state index is 11.7. The fourth-order valence-electron chi connectivity index (χ4n) is 3.80. The number of rotatable bonds is 5. The monoisotopic (exact) mass is 505 g/mol. The van der Waals surface area contributed by atoms with E-state index in [-0.39, 0.29) is 6.61 Å². The first-order chi connectivity index (χ1) is 15.7. The topological polar surface area (TPSA) is 57.7 Å². The number of hydrogen-bond donors (Lipinski definition) is 0. The molecule has 172 valence electrons. The Kier molecular flexibility index (Phi) is 6.87. The van der Waals surface area contributed by atoms with Crippen molar-refractivity contribution in [2.24, 2.45) is 0 Å². The molecule has 4 rings (SSSR count). The highest BCUT2D eigenvalue weighted by molar-refractivity contribution is 6.36. The van der Waals surface area contributed by atoms with Gasteiger partial charge in [-0.1, -0.05) is 46.9 Å².